The summed E-state index contributed by atoms with van der Waals surface area (Å²) in [6.45, 7) is 2.35. The molecule has 1 saturated carbocycles. The lowest BCUT2D eigenvalue weighted by Gasteiger charge is -2.41. The van der Waals surface area contributed by atoms with E-state index in [-0.39, 0.29) is 47.4 Å². The Morgan fingerprint density at radius 2 is 1.52 bits per heavy atom. The number of fused-ring (bicyclic) bond motifs is 1. The highest BCUT2D eigenvalue weighted by molar-refractivity contribution is 6.18. The highest BCUT2D eigenvalue weighted by atomic mass is 19.4. The van der Waals surface area contributed by atoms with Gasteiger partial charge in [-0.3, -0.25) is 9.59 Å². The second-order valence-electron chi connectivity index (χ2n) is 10.7. The van der Waals surface area contributed by atoms with E-state index >= 15 is 0 Å². The Morgan fingerprint density at radius 3 is 2.08 bits per heavy atom. The first kappa shape index (κ1) is 28.3. The highest BCUT2D eigenvalue weighted by Gasteiger charge is 2.48. The van der Waals surface area contributed by atoms with Crippen LogP contribution < -0.4 is 0 Å². The highest BCUT2D eigenvalue weighted by Crippen LogP contribution is 2.49. The summed E-state index contributed by atoms with van der Waals surface area (Å²) in [5, 5.41) is 0. The van der Waals surface area contributed by atoms with E-state index in [0.717, 1.165) is 5.56 Å². The molecule has 5 rings (SSSR count). The van der Waals surface area contributed by atoms with E-state index in [1.54, 1.807) is 12.1 Å². The van der Waals surface area contributed by atoms with Gasteiger partial charge in [-0.2, -0.15) is 26.3 Å². The van der Waals surface area contributed by atoms with Crippen molar-refractivity contribution >= 4 is 11.6 Å². The first-order chi connectivity index (χ1) is 18.7. The molecule has 0 bridgehead atoms. The van der Waals surface area contributed by atoms with Crippen molar-refractivity contribution in [1.82, 2.24) is 4.90 Å². The van der Waals surface area contributed by atoms with Crippen molar-refractivity contribution in [2.75, 3.05) is 13.1 Å². The number of allylic oxidation sites excluding steroid dienone is 2. The molecule has 0 spiro atoms. The van der Waals surface area contributed by atoms with Gasteiger partial charge in [0.2, 0.25) is 0 Å². The van der Waals surface area contributed by atoms with Crippen LogP contribution in [0, 0.1) is 17.7 Å². The molecule has 1 aliphatic heterocycles. The molecule has 1 heterocycles. The van der Waals surface area contributed by atoms with Crippen molar-refractivity contribution in [3.8, 4) is 0 Å². The van der Waals surface area contributed by atoms with Crippen LogP contribution in [0.15, 0.2) is 54.2 Å². The molecule has 2 fully saturated rings. The fourth-order valence-electron chi connectivity index (χ4n) is 6.29. The SMILES string of the molecule is C[C@@H](O[C@H]1CC[C@@H]2CN(C3=CC(=O)CC3=O)C[C@H]2[C@@H]1c1ccc(F)cc1)c1cc(C(F)(F)F)cc(C(F)(F)F)c1. The van der Waals surface area contributed by atoms with Crippen LogP contribution in [-0.4, -0.2) is 35.7 Å². The minimum absolute atomic E-state index is 0.0829. The number of ketones is 2. The molecule has 11 heteroatoms. The summed E-state index contributed by atoms with van der Waals surface area (Å²) < 4.78 is 101. The van der Waals surface area contributed by atoms with E-state index in [2.05, 4.69) is 0 Å². The third-order valence-electron chi connectivity index (χ3n) is 8.15. The first-order valence-electron chi connectivity index (χ1n) is 12.9. The molecule has 214 valence electrons. The van der Waals surface area contributed by atoms with Crippen LogP contribution in [0.2, 0.25) is 0 Å². The summed E-state index contributed by atoms with van der Waals surface area (Å²) in [4.78, 5) is 26.1. The molecule has 40 heavy (non-hydrogen) atoms. The Morgan fingerprint density at radius 1 is 0.900 bits per heavy atom. The van der Waals surface area contributed by atoms with E-state index in [1.807, 2.05) is 4.90 Å². The Kier molecular flexibility index (Phi) is 7.31. The van der Waals surface area contributed by atoms with Crippen molar-refractivity contribution < 1.29 is 45.1 Å². The van der Waals surface area contributed by atoms with Gasteiger partial charge < -0.3 is 9.64 Å². The number of likely N-dealkylation sites (tertiary alicyclic amines) is 1. The molecule has 0 amide bonds. The lowest BCUT2D eigenvalue weighted by atomic mass is 9.69. The van der Waals surface area contributed by atoms with Gasteiger partial charge in [0.05, 0.1) is 35.5 Å². The number of ether oxygens (including phenoxy) is 1. The molecule has 5 atom stereocenters. The van der Waals surface area contributed by atoms with Crippen LogP contribution in [0.1, 0.15) is 60.5 Å². The number of nitrogens with zero attached hydrogens (tertiary/aromatic N) is 1. The first-order valence-corrected chi connectivity index (χ1v) is 12.9. The van der Waals surface area contributed by atoms with Gasteiger partial charge in [0.1, 0.15) is 5.82 Å². The van der Waals surface area contributed by atoms with Crippen molar-refractivity contribution in [2.45, 2.75) is 56.7 Å². The Balaban J connectivity index is 1.45. The van der Waals surface area contributed by atoms with E-state index < -0.39 is 41.5 Å². The topological polar surface area (TPSA) is 46.6 Å². The Labute approximate surface area is 225 Å². The van der Waals surface area contributed by atoms with Crippen LogP contribution in [0.4, 0.5) is 30.7 Å². The fourth-order valence-corrected chi connectivity index (χ4v) is 6.29. The molecule has 2 aliphatic carbocycles. The Hall–Kier alpha value is -3.21. The fraction of sp³-hybridized carbons (Fsp3) is 0.448. The van der Waals surface area contributed by atoms with Gasteiger partial charge >= 0.3 is 12.4 Å². The number of hydrogen-bond donors (Lipinski definition) is 0. The van der Waals surface area contributed by atoms with E-state index in [4.69, 9.17) is 4.74 Å². The van der Waals surface area contributed by atoms with Gasteiger partial charge in [0.25, 0.3) is 0 Å². The Bertz CT molecular complexity index is 1300. The minimum Gasteiger partial charge on any atom is -0.370 e. The second kappa shape index (κ2) is 10.3. The third-order valence-corrected chi connectivity index (χ3v) is 8.15. The van der Waals surface area contributed by atoms with Crippen molar-refractivity contribution in [1.29, 1.82) is 0 Å². The van der Waals surface area contributed by atoms with Gasteiger partial charge in [-0.05, 0) is 73.1 Å². The van der Waals surface area contributed by atoms with Gasteiger partial charge in [0, 0.05) is 25.1 Å². The molecule has 0 N–H and O–H groups in total. The lowest BCUT2D eigenvalue weighted by molar-refractivity contribution is -0.143. The zero-order valence-corrected chi connectivity index (χ0v) is 21.4. The molecule has 2 aromatic carbocycles. The zero-order chi connectivity index (χ0) is 29.0. The molecular weight excluding hydrogens is 543 g/mol. The van der Waals surface area contributed by atoms with Gasteiger partial charge in [-0.15, -0.1) is 0 Å². The van der Waals surface area contributed by atoms with Crippen LogP contribution in [0.25, 0.3) is 0 Å². The maximum absolute atomic E-state index is 13.8. The number of halogens is 7. The summed E-state index contributed by atoms with van der Waals surface area (Å²) in [5.41, 5.74) is -2.01. The largest absolute Gasteiger partial charge is 0.416 e. The van der Waals surface area contributed by atoms with Crippen molar-refractivity contribution in [2.24, 2.45) is 11.8 Å². The van der Waals surface area contributed by atoms with Gasteiger partial charge in [-0.1, -0.05) is 12.1 Å². The van der Waals surface area contributed by atoms with Crippen molar-refractivity contribution in [3.05, 3.63) is 82.3 Å². The summed E-state index contributed by atoms with van der Waals surface area (Å²) in [6.07, 6.45) is -9.41. The summed E-state index contributed by atoms with van der Waals surface area (Å²) in [5.74, 6) is -1.35. The second-order valence-corrected chi connectivity index (χ2v) is 10.7. The van der Waals surface area contributed by atoms with Crippen molar-refractivity contribution in [3.63, 3.8) is 0 Å². The summed E-state index contributed by atoms with van der Waals surface area (Å²) >= 11 is 0. The normalized spacial score (nSPS) is 26.2. The summed E-state index contributed by atoms with van der Waals surface area (Å²) in [6, 6.07) is 7.20. The molecule has 4 nitrogen and oxygen atoms in total. The van der Waals surface area contributed by atoms with E-state index in [9.17, 15) is 40.3 Å². The molecule has 0 aromatic heterocycles. The monoisotopic (exact) mass is 569 g/mol. The average molecular weight is 570 g/mol. The molecule has 2 aromatic rings. The van der Waals surface area contributed by atoms with Crippen LogP contribution in [0.3, 0.4) is 0 Å². The molecule has 0 unspecified atom stereocenters. The molecule has 3 aliphatic rings. The predicted molar refractivity (Wildman–Crippen MR) is 129 cm³/mol. The standard InChI is InChI=1S/C29H26F7NO3/c1-15(18-8-19(28(31,32)33)10-20(9-18)29(34,35)36)40-26-7-4-17-13-37(24-11-22(38)12-25(24)39)14-23(17)27(26)16-2-5-21(30)6-3-16/h2-3,5-6,8-11,15,17,23,26-27H,4,7,12-14H2,1H3/t15-,17-,23-,26+,27+/m1/s1. The van der Waals surface area contributed by atoms with Crippen LogP contribution in [-0.2, 0) is 26.7 Å². The lowest BCUT2D eigenvalue weighted by Crippen LogP contribution is -2.38. The van der Waals surface area contributed by atoms with Crippen LogP contribution >= 0.6 is 0 Å². The van der Waals surface area contributed by atoms with E-state index in [1.165, 1.54) is 25.1 Å². The van der Waals surface area contributed by atoms with Crippen LogP contribution in [0.5, 0.6) is 0 Å². The zero-order valence-electron chi connectivity index (χ0n) is 21.4. The number of hydrogen-bond acceptors (Lipinski definition) is 4. The maximum Gasteiger partial charge on any atom is 0.416 e. The number of benzene rings is 2. The number of Topliss-reactive ketones (excluding diaryl/α,β-unsaturated/α-hetero) is 1. The van der Waals surface area contributed by atoms with Gasteiger partial charge in [-0.25, -0.2) is 4.39 Å². The number of carbonyl (C=O) groups is 2. The van der Waals surface area contributed by atoms with Gasteiger partial charge in [0.15, 0.2) is 11.6 Å². The maximum atomic E-state index is 13.8. The third kappa shape index (κ3) is 5.66. The molecule has 0 radical (unpaired) electrons. The average Bonchev–Trinajstić information content (AvgIpc) is 3.45. The number of rotatable bonds is 5. The predicted octanol–water partition coefficient (Wildman–Crippen LogP) is 6.86. The quantitative estimate of drug-likeness (QED) is 0.292. The number of alkyl halides is 6. The van der Waals surface area contributed by atoms with E-state index in [0.29, 0.717) is 43.8 Å². The molecular formula is C29H26F7NO3. The smallest absolute Gasteiger partial charge is 0.370 e. The summed E-state index contributed by atoms with van der Waals surface area (Å²) in [7, 11) is 0. The number of carbonyl (C=O) groups excluding carboxylic acids is 2. The molecule has 1 saturated heterocycles. The minimum atomic E-state index is -4.98.